The lowest BCUT2D eigenvalue weighted by atomic mass is 9.82. The van der Waals surface area contributed by atoms with E-state index < -0.39 is 0 Å². The Morgan fingerprint density at radius 1 is 0.971 bits per heavy atom. The second kappa shape index (κ2) is 10.7. The lowest BCUT2D eigenvalue weighted by Crippen LogP contribution is -2.43. The lowest BCUT2D eigenvalue weighted by Gasteiger charge is -2.44. The number of hydrogen-bond acceptors (Lipinski definition) is 3. The number of fused-ring (bicyclic) bond motifs is 1. The molecule has 2 aliphatic rings. The van der Waals surface area contributed by atoms with Crippen molar-refractivity contribution >= 4 is 5.69 Å². The Kier molecular flexibility index (Phi) is 7.20. The van der Waals surface area contributed by atoms with Gasteiger partial charge in [-0.05, 0) is 78.6 Å². The minimum atomic E-state index is 0.245. The van der Waals surface area contributed by atoms with Crippen LogP contribution in [0.3, 0.4) is 0 Å². The SMILES string of the molecule is CCCC[C@H]1Cc2cc(OC)ccc2C(c2ccc(NC3CCC3)cc2)N1Cc1ccccc1. The third-order valence-electron chi connectivity index (χ3n) is 7.70. The van der Waals surface area contributed by atoms with Gasteiger partial charge in [-0.25, -0.2) is 0 Å². The Bertz CT molecular complexity index is 1060. The first kappa shape index (κ1) is 23.0. The Labute approximate surface area is 205 Å². The van der Waals surface area contributed by atoms with E-state index in [1.54, 1.807) is 7.11 Å². The normalized spacial score (nSPS) is 20.4. The van der Waals surface area contributed by atoms with E-state index >= 15 is 0 Å². The van der Waals surface area contributed by atoms with Crippen molar-refractivity contribution in [2.24, 2.45) is 0 Å². The number of anilines is 1. The number of benzene rings is 3. The van der Waals surface area contributed by atoms with E-state index in [9.17, 15) is 0 Å². The molecule has 0 saturated heterocycles. The smallest absolute Gasteiger partial charge is 0.119 e. The maximum atomic E-state index is 5.61. The third-order valence-corrected chi connectivity index (χ3v) is 7.70. The van der Waals surface area contributed by atoms with Gasteiger partial charge in [0.1, 0.15) is 5.75 Å². The molecule has 3 aromatic carbocycles. The minimum Gasteiger partial charge on any atom is -0.497 e. The molecule has 1 N–H and O–H groups in total. The fourth-order valence-corrected chi connectivity index (χ4v) is 5.56. The molecule has 1 aliphatic carbocycles. The van der Waals surface area contributed by atoms with Crippen LogP contribution in [0.5, 0.6) is 5.75 Å². The van der Waals surface area contributed by atoms with Gasteiger partial charge in [0.15, 0.2) is 0 Å². The van der Waals surface area contributed by atoms with Crippen molar-refractivity contribution in [1.82, 2.24) is 4.90 Å². The molecule has 1 saturated carbocycles. The summed E-state index contributed by atoms with van der Waals surface area (Å²) in [7, 11) is 1.77. The van der Waals surface area contributed by atoms with Crippen LogP contribution in [0.4, 0.5) is 5.69 Å². The summed E-state index contributed by atoms with van der Waals surface area (Å²) < 4.78 is 5.61. The first-order valence-corrected chi connectivity index (χ1v) is 13.1. The van der Waals surface area contributed by atoms with Gasteiger partial charge < -0.3 is 10.1 Å². The number of hydrogen-bond donors (Lipinski definition) is 1. The van der Waals surface area contributed by atoms with Gasteiger partial charge in [0.05, 0.1) is 13.2 Å². The average Bonchev–Trinajstić information content (AvgIpc) is 2.85. The summed E-state index contributed by atoms with van der Waals surface area (Å²) in [4.78, 5) is 2.76. The van der Waals surface area contributed by atoms with Crippen LogP contribution in [0.15, 0.2) is 72.8 Å². The first-order valence-electron chi connectivity index (χ1n) is 13.1. The van der Waals surface area contributed by atoms with Gasteiger partial charge in [-0.1, -0.05) is 68.3 Å². The zero-order valence-electron chi connectivity index (χ0n) is 20.7. The second-order valence-corrected chi connectivity index (χ2v) is 10.0. The molecule has 0 amide bonds. The predicted molar refractivity (Wildman–Crippen MR) is 142 cm³/mol. The van der Waals surface area contributed by atoms with Crippen molar-refractivity contribution in [3.8, 4) is 5.75 Å². The maximum Gasteiger partial charge on any atom is 0.119 e. The molecular weight excluding hydrogens is 416 g/mol. The highest BCUT2D eigenvalue weighted by Gasteiger charge is 2.35. The average molecular weight is 455 g/mol. The van der Waals surface area contributed by atoms with Gasteiger partial charge in [-0.2, -0.15) is 0 Å². The number of ether oxygens (including phenoxy) is 1. The van der Waals surface area contributed by atoms with Crippen molar-refractivity contribution in [2.75, 3.05) is 12.4 Å². The standard InChI is InChI=1S/C31H38N2O/c1-3-4-13-28-20-25-21-29(34-2)18-19-30(25)31(33(28)22-23-9-6-5-7-10-23)24-14-16-27(17-15-24)32-26-11-8-12-26/h5-7,9-10,14-19,21,26,28,31-32H,3-4,8,11-13,20,22H2,1-2H3/t28-,31?/m0/s1. The number of unbranched alkanes of at least 4 members (excludes halogenated alkanes) is 1. The number of nitrogens with zero attached hydrogens (tertiary/aromatic N) is 1. The predicted octanol–water partition coefficient (Wildman–Crippen LogP) is 7.37. The molecule has 178 valence electrons. The fraction of sp³-hybridized carbons (Fsp3) is 0.419. The van der Waals surface area contributed by atoms with E-state index in [0.29, 0.717) is 12.1 Å². The first-order chi connectivity index (χ1) is 16.7. The highest BCUT2D eigenvalue weighted by atomic mass is 16.5. The highest BCUT2D eigenvalue weighted by molar-refractivity contribution is 5.50. The van der Waals surface area contributed by atoms with Gasteiger partial charge in [0, 0.05) is 24.3 Å². The summed E-state index contributed by atoms with van der Waals surface area (Å²) in [5.41, 5.74) is 6.86. The van der Waals surface area contributed by atoms with Crippen LogP contribution in [0.2, 0.25) is 0 Å². The van der Waals surface area contributed by atoms with Crippen LogP contribution in [0, 0.1) is 0 Å². The molecule has 3 aromatic rings. The molecule has 34 heavy (non-hydrogen) atoms. The van der Waals surface area contributed by atoms with Crippen LogP contribution in [-0.4, -0.2) is 24.1 Å². The van der Waals surface area contributed by atoms with Crippen LogP contribution >= 0.6 is 0 Å². The molecule has 1 fully saturated rings. The molecule has 3 heteroatoms. The summed E-state index contributed by atoms with van der Waals surface area (Å²) in [6, 6.07) is 28.3. The van der Waals surface area contributed by atoms with Crippen LogP contribution in [0.1, 0.15) is 73.7 Å². The maximum absolute atomic E-state index is 5.61. The molecule has 1 unspecified atom stereocenters. The number of rotatable bonds is 9. The molecule has 5 rings (SSSR count). The van der Waals surface area contributed by atoms with E-state index in [4.69, 9.17) is 4.74 Å². The Hall–Kier alpha value is -2.78. The fourth-order valence-electron chi connectivity index (χ4n) is 5.56. The van der Waals surface area contributed by atoms with Crippen molar-refractivity contribution in [1.29, 1.82) is 0 Å². The molecule has 1 aliphatic heterocycles. The van der Waals surface area contributed by atoms with Gasteiger partial charge in [-0.15, -0.1) is 0 Å². The largest absolute Gasteiger partial charge is 0.497 e. The topological polar surface area (TPSA) is 24.5 Å². The van der Waals surface area contributed by atoms with Crippen molar-refractivity contribution < 1.29 is 4.74 Å². The molecule has 0 bridgehead atoms. The van der Waals surface area contributed by atoms with Gasteiger partial charge in [0.25, 0.3) is 0 Å². The van der Waals surface area contributed by atoms with Crippen LogP contribution in [-0.2, 0) is 13.0 Å². The molecule has 3 nitrogen and oxygen atoms in total. The zero-order chi connectivity index (χ0) is 23.3. The number of nitrogens with one attached hydrogen (secondary N) is 1. The summed E-state index contributed by atoms with van der Waals surface area (Å²) >= 11 is 0. The molecule has 0 spiro atoms. The minimum absolute atomic E-state index is 0.245. The second-order valence-electron chi connectivity index (χ2n) is 10.0. The molecule has 2 atom stereocenters. The van der Waals surface area contributed by atoms with Crippen molar-refractivity contribution in [2.45, 2.75) is 76.5 Å². The lowest BCUT2D eigenvalue weighted by molar-refractivity contribution is 0.121. The van der Waals surface area contributed by atoms with Gasteiger partial charge in [-0.3, -0.25) is 4.90 Å². The monoisotopic (exact) mass is 454 g/mol. The van der Waals surface area contributed by atoms with Gasteiger partial charge >= 0.3 is 0 Å². The van der Waals surface area contributed by atoms with E-state index in [1.807, 2.05) is 0 Å². The van der Waals surface area contributed by atoms with Crippen LogP contribution < -0.4 is 10.1 Å². The number of methoxy groups -OCH3 is 1. The quantitative estimate of drug-likeness (QED) is 0.365. The molecular formula is C31H38N2O. The summed E-state index contributed by atoms with van der Waals surface area (Å²) in [5.74, 6) is 0.961. The summed E-state index contributed by atoms with van der Waals surface area (Å²) in [6.07, 6.45) is 8.73. The summed E-state index contributed by atoms with van der Waals surface area (Å²) in [5, 5.41) is 3.70. The summed E-state index contributed by atoms with van der Waals surface area (Å²) in [6.45, 7) is 3.26. The molecule has 0 aromatic heterocycles. The highest BCUT2D eigenvalue weighted by Crippen LogP contribution is 2.41. The van der Waals surface area contributed by atoms with Crippen molar-refractivity contribution in [3.05, 3.63) is 95.1 Å². The van der Waals surface area contributed by atoms with E-state index in [0.717, 1.165) is 18.7 Å². The van der Waals surface area contributed by atoms with E-state index in [2.05, 4.69) is 89.9 Å². The van der Waals surface area contributed by atoms with Crippen LogP contribution in [0.25, 0.3) is 0 Å². The zero-order valence-corrected chi connectivity index (χ0v) is 20.7. The van der Waals surface area contributed by atoms with Gasteiger partial charge in [0.2, 0.25) is 0 Å². The molecule has 0 radical (unpaired) electrons. The third kappa shape index (κ3) is 5.00. The van der Waals surface area contributed by atoms with E-state index in [-0.39, 0.29) is 6.04 Å². The van der Waals surface area contributed by atoms with E-state index in [1.165, 1.54) is 66.5 Å². The van der Waals surface area contributed by atoms with Crippen molar-refractivity contribution in [3.63, 3.8) is 0 Å². The molecule has 1 heterocycles. The Morgan fingerprint density at radius 2 is 1.76 bits per heavy atom. The Morgan fingerprint density at radius 3 is 2.44 bits per heavy atom. The Balaban J connectivity index is 1.53.